The van der Waals surface area contributed by atoms with Crippen molar-refractivity contribution in [1.82, 2.24) is 10.2 Å². The van der Waals surface area contributed by atoms with E-state index in [-0.39, 0.29) is 0 Å². The van der Waals surface area contributed by atoms with Gasteiger partial charge in [0, 0.05) is 17.2 Å². The van der Waals surface area contributed by atoms with E-state index < -0.39 is 35.5 Å². The number of nitrogens with one attached hydrogen (secondary N) is 1. The highest BCUT2D eigenvalue weighted by Gasteiger charge is 2.34. The van der Waals surface area contributed by atoms with Gasteiger partial charge in [0.15, 0.2) is 0 Å². The van der Waals surface area contributed by atoms with E-state index in [2.05, 4.69) is 0 Å². The Balaban J connectivity index is 1.84. The van der Waals surface area contributed by atoms with Crippen LogP contribution < -0.4 is 5.32 Å². The molecular formula is C15H19F3N2O2S. The topological polar surface area (TPSA) is 49.4 Å². The minimum atomic E-state index is -4.41. The maximum Gasteiger partial charge on any atom is 0.405 e. The molecule has 1 aromatic carbocycles. The number of hydrogen-bond donors (Lipinski definition) is 1. The normalized spacial score (nSPS) is 20.4. The highest BCUT2D eigenvalue weighted by molar-refractivity contribution is 7.85. The first-order valence-corrected chi connectivity index (χ1v) is 8.70. The fourth-order valence-corrected chi connectivity index (χ4v) is 3.68. The van der Waals surface area contributed by atoms with E-state index in [4.69, 9.17) is 0 Å². The lowest BCUT2D eigenvalue weighted by Gasteiger charge is -2.23. The third-order valence-corrected chi connectivity index (χ3v) is 5.05. The van der Waals surface area contributed by atoms with Gasteiger partial charge in [-0.3, -0.25) is 13.9 Å². The van der Waals surface area contributed by atoms with Gasteiger partial charge in [-0.15, -0.1) is 0 Å². The predicted octanol–water partition coefficient (Wildman–Crippen LogP) is 1.94. The van der Waals surface area contributed by atoms with Crippen molar-refractivity contribution in [3.8, 4) is 0 Å². The molecule has 2 rings (SSSR count). The SMILES string of the molecule is O=C(NCC(F)(F)F)[C@@H]1CCCN1CC[S@@](=O)c1ccccc1. The Kier molecular flexibility index (Phi) is 6.17. The third kappa shape index (κ3) is 5.62. The number of hydrogen-bond acceptors (Lipinski definition) is 3. The fraction of sp³-hybridized carbons (Fsp3) is 0.533. The van der Waals surface area contributed by atoms with Gasteiger partial charge in [0.25, 0.3) is 0 Å². The molecule has 0 aliphatic carbocycles. The lowest BCUT2D eigenvalue weighted by molar-refractivity contribution is -0.141. The number of alkyl halides is 3. The minimum Gasteiger partial charge on any atom is -0.346 e. The smallest absolute Gasteiger partial charge is 0.346 e. The van der Waals surface area contributed by atoms with Gasteiger partial charge < -0.3 is 5.32 Å². The molecule has 8 heteroatoms. The summed E-state index contributed by atoms with van der Waals surface area (Å²) in [5, 5.41) is 1.93. The van der Waals surface area contributed by atoms with Gasteiger partial charge in [0.1, 0.15) is 6.54 Å². The minimum absolute atomic E-state index is 0.354. The molecule has 0 radical (unpaired) electrons. The first-order valence-electron chi connectivity index (χ1n) is 7.39. The maximum atomic E-state index is 12.2. The molecular weight excluding hydrogens is 329 g/mol. The monoisotopic (exact) mass is 348 g/mol. The lowest BCUT2D eigenvalue weighted by atomic mass is 10.2. The van der Waals surface area contributed by atoms with E-state index in [9.17, 15) is 22.2 Å². The molecule has 1 aromatic rings. The van der Waals surface area contributed by atoms with Crippen molar-refractivity contribution in [2.75, 3.05) is 25.4 Å². The molecule has 1 N–H and O–H groups in total. The molecule has 2 atom stereocenters. The Morgan fingerprint density at radius 1 is 1.30 bits per heavy atom. The molecule has 1 aliphatic heterocycles. The zero-order valence-electron chi connectivity index (χ0n) is 12.5. The average molecular weight is 348 g/mol. The molecule has 128 valence electrons. The summed E-state index contributed by atoms with van der Waals surface area (Å²) in [6, 6.07) is 8.42. The van der Waals surface area contributed by atoms with E-state index in [0.29, 0.717) is 30.2 Å². The molecule has 1 heterocycles. The molecule has 0 aromatic heterocycles. The van der Waals surface area contributed by atoms with Crippen LogP contribution in [-0.4, -0.2) is 52.6 Å². The Bertz CT molecular complexity index is 551. The number of halogens is 3. The molecule has 0 saturated carbocycles. The molecule has 1 aliphatic rings. The second-order valence-electron chi connectivity index (χ2n) is 5.39. The molecule has 4 nitrogen and oxygen atoms in total. The number of amides is 1. The summed E-state index contributed by atoms with van der Waals surface area (Å²) >= 11 is 0. The summed E-state index contributed by atoms with van der Waals surface area (Å²) in [5.74, 6) is -0.252. The zero-order valence-corrected chi connectivity index (χ0v) is 13.3. The fourth-order valence-electron chi connectivity index (χ4n) is 2.59. The van der Waals surface area contributed by atoms with Gasteiger partial charge in [-0.2, -0.15) is 13.2 Å². The Morgan fingerprint density at radius 3 is 2.65 bits per heavy atom. The average Bonchev–Trinajstić information content (AvgIpc) is 2.99. The van der Waals surface area contributed by atoms with E-state index in [1.165, 1.54) is 0 Å². The third-order valence-electron chi connectivity index (χ3n) is 3.70. The van der Waals surface area contributed by atoms with Gasteiger partial charge in [0.2, 0.25) is 5.91 Å². The second-order valence-corrected chi connectivity index (χ2v) is 6.96. The standard InChI is InChI=1S/C15H19F3N2O2S/c16-15(17,18)11-19-14(21)13-7-4-8-20(13)9-10-23(22)12-5-2-1-3-6-12/h1-3,5-6,13H,4,7-11H2,(H,19,21)/t13-,23+/m0/s1. The Morgan fingerprint density at radius 2 is 2.00 bits per heavy atom. The Labute approximate surface area is 135 Å². The molecule has 0 unspecified atom stereocenters. The largest absolute Gasteiger partial charge is 0.405 e. The predicted molar refractivity (Wildman–Crippen MR) is 81.4 cm³/mol. The van der Waals surface area contributed by atoms with Crippen molar-refractivity contribution in [2.24, 2.45) is 0 Å². The summed E-state index contributed by atoms with van der Waals surface area (Å²) in [5.41, 5.74) is 0. The summed E-state index contributed by atoms with van der Waals surface area (Å²) in [7, 11) is -1.18. The molecule has 0 bridgehead atoms. The van der Waals surface area contributed by atoms with Crippen LogP contribution in [0.1, 0.15) is 12.8 Å². The number of carbonyl (C=O) groups is 1. The van der Waals surface area contributed by atoms with Gasteiger partial charge in [0.05, 0.1) is 16.8 Å². The maximum absolute atomic E-state index is 12.2. The van der Waals surface area contributed by atoms with Gasteiger partial charge in [-0.05, 0) is 31.5 Å². The highest BCUT2D eigenvalue weighted by atomic mass is 32.2. The quantitative estimate of drug-likeness (QED) is 0.855. The van der Waals surface area contributed by atoms with Crippen molar-refractivity contribution in [2.45, 2.75) is 30.0 Å². The Hall–Kier alpha value is -1.41. The summed E-state index contributed by atoms with van der Waals surface area (Å²) < 4.78 is 48.7. The summed E-state index contributed by atoms with van der Waals surface area (Å²) in [4.78, 5) is 14.4. The van der Waals surface area contributed by atoms with Crippen LogP contribution in [0.2, 0.25) is 0 Å². The van der Waals surface area contributed by atoms with Crippen molar-refractivity contribution in [1.29, 1.82) is 0 Å². The van der Waals surface area contributed by atoms with Gasteiger partial charge in [-0.25, -0.2) is 0 Å². The number of carbonyl (C=O) groups excluding carboxylic acids is 1. The van der Waals surface area contributed by atoms with E-state index in [1.807, 2.05) is 16.3 Å². The van der Waals surface area contributed by atoms with Crippen LogP contribution in [0.5, 0.6) is 0 Å². The number of benzene rings is 1. The van der Waals surface area contributed by atoms with Crippen LogP contribution in [0.3, 0.4) is 0 Å². The molecule has 0 spiro atoms. The van der Waals surface area contributed by atoms with E-state index in [0.717, 1.165) is 6.42 Å². The zero-order chi connectivity index (χ0) is 16.9. The highest BCUT2D eigenvalue weighted by Crippen LogP contribution is 2.19. The van der Waals surface area contributed by atoms with Crippen LogP contribution in [0, 0.1) is 0 Å². The molecule has 1 saturated heterocycles. The summed E-state index contributed by atoms with van der Waals surface area (Å²) in [6.07, 6.45) is -3.13. The van der Waals surface area contributed by atoms with Crippen molar-refractivity contribution >= 4 is 16.7 Å². The number of nitrogens with zero attached hydrogens (tertiary/aromatic N) is 1. The summed E-state index contributed by atoms with van der Waals surface area (Å²) in [6.45, 7) is -0.256. The van der Waals surface area contributed by atoms with Gasteiger partial charge in [-0.1, -0.05) is 18.2 Å². The van der Waals surface area contributed by atoms with Crippen molar-refractivity contribution in [3.63, 3.8) is 0 Å². The molecule has 1 amide bonds. The van der Waals surface area contributed by atoms with Crippen molar-refractivity contribution < 1.29 is 22.2 Å². The van der Waals surface area contributed by atoms with Crippen LogP contribution in [0.25, 0.3) is 0 Å². The van der Waals surface area contributed by atoms with Crippen LogP contribution in [0.4, 0.5) is 13.2 Å². The lowest BCUT2D eigenvalue weighted by Crippen LogP contribution is -2.46. The van der Waals surface area contributed by atoms with E-state index >= 15 is 0 Å². The number of rotatable bonds is 6. The van der Waals surface area contributed by atoms with Crippen LogP contribution in [0.15, 0.2) is 35.2 Å². The molecule has 1 fully saturated rings. The first-order chi connectivity index (χ1) is 10.9. The van der Waals surface area contributed by atoms with Crippen LogP contribution >= 0.6 is 0 Å². The van der Waals surface area contributed by atoms with Crippen LogP contribution in [-0.2, 0) is 15.6 Å². The first kappa shape index (κ1) is 17.9. The second kappa shape index (κ2) is 7.92. The van der Waals surface area contributed by atoms with E-state index in [1.54, 1.807) is 24.3 Å². The van der Waals surface area contributed by atoms with Crippen molar-refractivity contribution in [3.05, 3.63) is 30.3 Å². The molecule has 23 heavy (non-hydrogen) atoms. The number of likely N-dealkylation sites (tertiary alicyclic amines) is 1. The van der Waals surface area contributed by atoms with Gasteiger partial charge >= 0.3 is 6.18 Å².